The number of non-ortho nitro benzene ring substituents is 1. The maximum Gasteiger partial charge on any atom is 0.298 e. The lowest BCUT2D eigenvalue weighted by atomic mass is 10.0. The first kappa shape index (κ1) is 14.3. The molecule has 0 saturated carbocycles. The predicted octanol–water partition coefficient (Wildman–Crippen LogP) is 2.70. The summed E-state index contributed by atoms with van der Waals surface area (Å²) in [4.78, 5) is 14.5. The van der Waals surface area contributed by atoms with E-state index in [4.69, 9.17) is 4.42 Å². The molecule has 0 spiro atoms. The van der Waals surface area contributed by atoms with Crippen molar-refractivity contribution in [2.24, 2.45) is 0 Å². The second-order valence-electron chi connectivity index (χ2n) is 5.00. The summed E-state index contributed by atoms with van der Waals surface area (Å²) in [7, 11) is 0. The van der Waals surface area contributed by atoms with E-state index in [0.29, 0.717) is 12.0 Å². The maximum atomic E-state index is 10.9. The highest BCUT2D eigenvalue weighted by Crippen LogP contribution is 2.27. The number of rotatable bonds is 6. The molecule has 7 heteroatoms. The Morgan fingerprint density at radius 2 is 2.30 bits per heavy atom. The van der Waals surface area contributed by atoms with Crippen molar-refractivity contribution in [3.05, 3.63) is 28.3 Å². The minimum atomic E-state index is -0.874. The molecule has 0 aliphatic rings. The molecular weight excluding hydrogens is 262 g/mol. The largest absolute Gasteiger partial charge is 0.423 e. The standard InChI is InChI=1S/C13H17N3O4/c1-3-7-13(2,17)8-14-12-15-11-9(16(18)19)5-4-6-10(11)20-12/h4-6,17H,3,7-8H2,1-2H3,(H,14,15). The molecule has 0 aliphatic carbocycles. The second-order valence-corrected chi connectivity index (χ2v) is 5.00. The molecule has 20 heavy (non-hydrogen) atoms. The summed E-state index contributed by atoms with van der Waals surface area (Å²) in [5.74, 6) is 0. The monoisotopic (exact) mass is 279 g/mol. The van der Waals surface area contributed by atoms with Crippen LogP contribution in [0, 0.1) is 10.1 Å². The minimum absolute atomic E-state index is 0.0976. The summed E-state index contributed by atoms with van der Waals surface area (Å²) in [5, 5.41) is 23.8. The van der Waals surface area contributed by atoms with Crippen LogP contribution >= 0.6 is 0 Å². The molecule has 2 rings (SSSR count). The normalized spacial score (nSPS) is 14.2. The molecule has 0 fully saturated rings. The third kappa shape index (κ3) is 3.05. The minimum Gasteiger partial charge on any atom is -0.423 e. The number of nitro benzene ring substituents is 1. The lowest BCUT2D eigenvalue weighted by Crippen LogP contribution is -2.33. The van der Waals surface area contributed by atoms with Crippen molar-refractivity contribution < 1.29 is 14.4 Å². The van der Waals surface area contributed by atoms with Crippen molar-refractivity contribution in [1.82, 2.24) is 4.98 Å². The van der Waals surface area contributed by atoms with Crippen LogP contribution in [-0.2, 0) is 0 Å². The van der Waals surface area contributed by atoms with Crippen LogP contribution in [0.25, 0.3) is 11.1 Å². The summed E-state index contributed by atoms with van der Waals surface area (Å²) >= 11 is 0. The quantitative estimate of drug-likeness (QED) is 0.622. The number of fused-ring (bicyclic) bond motifs is 1. The number of nitrogens with one attached hydrogen (secondary N) is 1. The van der Waals surface area contributed by atoms with Gasteiger partial charge in [-0.15, -0.1) is 0 Å². The number of aliphatic hydroxyl groups is 1. The van der Waals surface area contributed by atoms with Gasteiger partial charge in [-0.05, 0) is 19.4 Å². The van der Waals surface area contributed by atoms with Crippen molar-refractivity contribution in [3.63, 3.8) is 0 Å². The summed E-state index contributed by atoms with van der Waals surface area (Å²) in [6.07, 6.45) is 1.49. The number of hydrogen-bond acceptors (Lipinski definition) is 6. The van der Waals surface area contributed by atoms with E-state index in [1.54, 1.807) is 19.1 Å². The summed E-state index contributed by atoms with van der Waals surface area (Å²) < 4.78 is 5.39. The summed E-state index contributed by atoms with van der Waals surface area (Å²) in [5.41, 5.74) is -0.423. The maximum absolute atomic E-state index is 10.9. The fourth-order valence-electron chi connectivity index (χ4n) is 2.05. The first-order valence-corrected chi connectivity index (χ1v) is 6.43. The topological polar surface area (TPSA) is 101 Å². The van der Waals surface area contributed by atoms with Gasteiger partial charge in [0, 0.05) is 12.6 Å². The number of nitro groups is 1. The van der Waals surface area contributed by atoms with E-state index >= 15 is 0 Å². The Hall–Kier alpha value is -2.15. The smallest absolute Gasteiger partial charge is 0.298 e. The molecule has 2 N–H and O–H groups in total. The molecule has 1 aromatic heterocycles. The van der Waals surface area contributed by atoms with Gasteiger partial charge >= 0.3 is 0 Å². The van der Waals surface area contributed by atoms with Crippen molar-refractivity contribution in [3.8, 4) is 0 Å². The first-order valence-electron chi connectivity index (χ1n) is 6.43. The van der Waals surface area contributed by atoms with Gasteiger partial charge in [-0.3, -0.25) is 10.1 Å². The average molecular weight is 279 g/mol. The molecule has 1 atom stereocenters. The van der Waals surface area contributed by atoms with Gasteiger partial charge in [-0.2, -0.15) is 4.98 Å². The van der Waals surface area contributed by atoms with E-state index in [-0.39, 0.29) is 23.8 Å². The Balaban J connectivity index is 2.20. The number of aromatic nitrogens is 1. The zero-order valence-electron chi connectivity index (χ0n) is 11.4. The molecule has 1 aromatic carbocycles. The molecule has 0 saturated heterocycles. The van der Waals surface area contributed by atoms with Crippen LogP contribution in [0.3, 0.4) is 0 Å². The second kappa shape index (κ2) is 5.46. The molecule has 108 valence electrons. The lowest BCUT2D eigenvalue weighted by Gasteiger charge is -2.22. The van der Waals surface area contributed by atoms with Gasteiger partial charge in [0.05, 0.1) is 10.5 Å². The molecule has 2 aromatic rings. The Morgan fingerprint density at radius 1 is 1.55 bits per heavy atom. The molecule has 1 heterocycles. The molecule has 0 aliphatic heterocycles. The average Bonchev–Trinajstić information content (AvgIpc) is 2.78. The fraction of sp³-hybridized carbons (Fsp3) is 0.462. The number of oxazole rings is 1. The molecular formula is C13H17N3O4. The third-order valence-electron chi connectivity index (χ3n) is 3.00. The van der Waals surface area contributed by atoms with Gasteiger partial charge in [0.1, 0.15) is 0 Å². The van der Waals surface area contributed by atoms with Gasteiger partial charge in [0.25, 0.3) is 11.7 Å². The molecule has 0 radical (unpaired) electrons. The number of nitrogens with zero attached hydrogens (tertiary/aromatic N) is 2. The summed E-state index contributed by atoms with van der Waals surface area (Å²) in [6.45, 7) is 3.97. The number of benzene rings is 1. The molecule has 7 nitrogen and oxygen atoms in total. The van der Waals surface area contributed by atoms with Crippen molar-refractivity contribution in [1.29, 1.82) is 0 Å². The van der Waals surface area contributed by atoms with Gasteiger partial charge in [-0.1, -0.05) is 19.4 Å². The zero-order chi connectivity index (χ0) is 14.8. The Morgan fingerprint density at radius 3 is 2.95 bits per heavy atom. The van der Waals surface area contributed by atoms with Crippen LogP contribution in [-0.4, -0.2) is 27.2 Å². The van der Waals surface area contributed by atoms with Gasteiger partial charge in [0.15, 0.2) is 11.1 Å². The molecule has 0 bridgehead atoms. The van der Waals surface area contributed by atoms with Gasteiger partial charge < -0.3 is 14.8 Å². The number of anilines is 1. The van der Waals surface area contributed by atoms with E-state index in [9.17, 15) is 15.2 Å². The van der Waals surface area contributed by atoms with E-state index in [2.05, 4.69) is 10.3 Å². The van der Waals surface area contributed by atoms with E-state index in [1.807, 2.05) is 6.92 Å². The number of hydrogen-bond donors (Lipinski definition) is 2. The highest BCUT2D eigenvalue weighted by Gasteiger charge is 2.21. The van der Waals surface area contributed by atoms with Crippen molar-refractivity contribution >= 4 is 22.8 Å². The summed E-state index contributed by atoms with van der Waals surface area (Å²) in [6, 6.07) is 4.71. The van der Waals surface area contributed by atoms with E-state index < -0.39 is 10.5 Å². The highest BCUT2D eigenvalue weighted by atomic mass is 16.6. The highest BCUT2D eigenvalue weighted by molar-refractivity contribution is 5.83. The lowest BCUT2D eigenvalue weighted by molar-refractivity contribution is -0.383. The van der Waals surface area contributed by atoms with Crippen molar-refractivity contribution in [2.45, 2.75) is 32.3 Å². The van der Waals surface area contributed by atoms with E-state index in [1.165, 1.54) is 6.07 Å². The van der Waals surface area contributed by atoms with Crippen molar-refractivity contribution in [2.75, 3.05) is 11.9 Å². The van der Waals surface area contributed by atoms with Crippen LogP contribution in [0.2, 0.25) is 0 Å². The van der Waals surface area contributed by atoms with E-state index in [0.717, 1.165) is 6.42 Å². The predicted molar refractivity (Wildman–Crippen MR) is 74.7 cm³/mol. The SMILES string of the molecule is CCCC(C)(O)CNc1nc2c([N+](=O)[O-])cccc2o1. The van der Waals surface area contributed by atoms with Crippen LogP contribution in [0.15, 0.2) is 22.6 Å². The van der Waals surface area contributed by atoms with Crippen LogP contribution in [0.1, 0.15) is 26.7 Å². The van der Waals surface area contributed by atoms with Crippen LogP contribution in [0.4, 0.5) is 11.7 Å². The zero-order valence-corrected chi connectivity index (χ0v) is 11.4. The Labute approximate surface area is 115 Å². The Bertz CT molecular complexity index is 621. The van der Waals surface area contributed by atoms with Gasteiger partial charge in [0.2, 0.25) is 0 Å². The van der Waals surface area contributed by atoms with Crippen LogP contribution < -0.4 is 5.32 Å². The molecule has 0 amide bonds. The number of para-hydroxylation sites is 1. The molecule has 1 unspecified atom stereocenters. The van der Waals surface area contributed by atoms with Gasteiger partial charge in [-0.25, -0.2) is 0 Å². The fourth-order valence-corrected chi connectivity index (χ4v) is 2.05. The van der Waals surface area contributed by atoms with Crippen LogP contribution in [0.5, 0.6) is 0 Å². The Kier molecular flexibility index (Phi) is 3.89. The third-order valence-corrected chi connectivity index (χ3v) is 3.00. The first-order chi connectivity index (χ1) is 9.43.